The van der Waals surface area contributed by atoms with Crippen molar-refractivity contribution >= 4 is 16.8 Å². The summed E-state index contributed by atoms with van der Waals surface area (Å²) in [4.78, 5) is 18.0. The van der Waals surface area contributed by atoms with Gasteiger partial charge in [0.2, 0.25) is 11.8 Å². The third-order valence-corrected chi connectivity index (χ3v) is 4.42. The van der Waals surface area contributed by atoms with Crippen LogP contribution in [0.3, 0.4) is 0 Å². The predicted molar refractivity (Wildman–Crippen MR) is 91.3 cm³/mol. The Labute approximate surface area is 145 Å². The second-order valence-electron chi connectivity index (χ2n) is 6.50. The molecule has 0 saturated carbocycles. The van der Waals surface area contributed by atoms with Crippen LogP contribution < -0.4 is 0 Å². The molecule has 0 bridgehead atoms. The molecule has 0 radical (unpaired) electrons. The molecule has 0 unspecified atom stereocenters. The van der Waals surface area contributed by atoms with Gasteiger partial charge in [0.15, 0.2) is 0 Å². The SMILES string of the molecule is CC(C)c1nnc([C@H]2COCCN2C(=O)c2ccc3[nH]ccc3c2)o1. The normalized spacial score (nSPS) is 18.2. The number of H-pyrrole nitrogens is 1. The quantitative estimate of drug-likeness (QED) is 0.792. The number of nitrogens with zero attached hydrogens (tertiary/aromatic N) is 3. The molecule has 0 aliphatic carbocycles. The number of hydrogen-bond donors (Lipinski definition) is 1. The van der Waals surface area contributed by atoms with Crippen LogP contribution in [0.5, 0.6) is 0 Å². The number of amides is 1. The van der Waals surface area contributed by atoms with E-state index >= 15 is 0 Å². The molecule has 1 atom stereocenters. The Morgan fingerprint density at radius 2 is 2.20 bits per heavy atom. The van der Waals surface area contributed by atoms with Crippen molar-refractivity contribution in [3.63, 3.8) is 0 Å². The van der Waals surface area contributed by atoms with Crippen LogP contribution in [0, 0.1) is 0 Å². The number of rotatable bonds is 3. The van der Waals surface area contributed by atoms with Gasteiger partial charge in [-0.3, -0.25) is 4.79 Å². The zero-order valence-corrected chi connectivity index (χ0v) is 14.2. The van der Waals surface area contributed by atoms with Gasteiger partial charge in [-0.1, -0.05) is 13.8 Å². The third-order valence-electron chi connectivity index (χ3n) is 4.42. The maximum absolute atomic E-state index is 13.1. The van der Waals surface area contributed by atoms with Gasteiger partial charge in [0.25, 0.3) is 5.91 Å². The maximum Gasteiger partial charge on any atom is 0.254 e. The van der Waals surface area contributed by atoms with E-state index in [-0.39, 0.29) is 17.9 Å². The van der Waals surface area contributed by atoms with Crippen molar-refractivity contribution < 1.29 is 13.9 Å². The number of aromatic nitrogens is 3. The van der Waals surface area contributed by atoms with Crippen molar-refractivity contribution in [3.05, 3.63) is 47.8 Å². The van der Waals surface area contributed by atoms with Gasteiger partial charge in [0.1, 0.15) is 6.04 Å². The first-order chi connectivity index (χ1) is 12.1. The largest absolute Gasteiger partial charge is 0.423 e. The predicted octanol–water partition coefficient (Wildman–Crippen LogP) is 2.89. The van der Waals surface area contributed by atoms with Crippen molar-refractivity contribution in [2.24, 2.45) is 0 Å². The summed E-state index contributed by atoms with van der Waals surface area (Å²) in [7, 11) is 0. The number of aromatic amines is 1. The molecule has 3 heterocycles. The summed E-state index contributed by atoms with van der Waals surface area (Å²) in [5, 5.41) is 9.22. The molecule has 0 spiro atoms. The van der Waals surface area contributed by atoms with Gasteiger partial charge in [0.05, 0.1) is 13.2 Å². The summed E-state index contributed by atoms with van der Waals surface area (Å²) < 4.78 is 11.3. The van der Waals surface area contributed by atoms with Gasteiger partial charge in [0, 0.05) is 35.1 Å². The van der Waals surface area contributed by atoms with Crippen molar-refractivity contribution in [2.45, 2.75) is 25.8 Å². The molecule has 1 N–H and O–H groups in total. The molecule has 7 nitrogen and oxygen atoms in total. The highest BCUT2D eigenvalue weighted by Gasteiger charge is 2.33. The average molecular weight is 340 g/mol. The van der Waals surface area contributed by atoms with Crippen LogP contribution in [0.4, 0.5) is 0 Å². The molecule has 130 valence electrons. The summed E-state index contributed by atoms with van der Waals surface area (Å²) >= 11 is 0. The molecule has 2 aromatic heterocycles. The fraction of sp³-hybridized carbons (Fsp3) is 0.389. The van der Waals surface area contributed by atoms with Gasteiger partial charge in [-0.15, -0.1) is 10.2 Å². The lowest BCUT2D eigenvalue weighted by atomic mass is 10.1. The number of hydrogen-bond acceptors (Lipinski definition) is 5. The van der Waals surface area contributed by atoms with Crippen LogP contribution in [0.1, 0.15) is 47.9 Å². The fourth-order valence-electron chi connectivity index (χ4n) is 3.02. The van der Waals surface area contributed by atoms with Crippen molar-refractivity contribution in [3.8, 4) is 0 Å². The summed E-state index contributed by atoms with van der Waals surface area (Å²) in [6, 6.07) is 7.25. The summed E-state index contributed by atoms with van der Waals surface area (Å²) in [5.41, 5.74) is 1.65. The highest BCUT2D eigenvalue weighted by atomic mass is 16.5. The molecular formula is C18H20N4O3. The number of fused-ring (bicyclic) bond motifs is 1. The summed E-state index contributed by atoms with van der Waals surface area (Å²) in [6.45, 7) is 5.33. The van der Waals surface area contributed by atoms with Crippen LogP contribution in [0.2, 0.25) is 0 Å². The van der Waals surface area contributed by atoms with Crippen LogP contribution in [-0.2, 0) is 4.74 Å². The van der Waals surface area contributed by atoms with E-state index in [1.807, 2.05) is 44.3 Å². The first-order valence-corrected chi connectivity index (χ1v) is 8.42. The van der Waals surface area contributed by atoms with Crippen molar-refractivity contribution in [1.82, 2.24) is 20.1 Å². The van der Waals surface area contributed by atoms with Gasteiger partial charge in [-0.2, -0.15) is 0 Å². The monoisotopic (exact) mass is 340 g/mol. The molecular weight excluding hydrogens is 320 g/mol. The maximum atomic E-state index is 13.1. The first-order valence-electron chi connectivity index (χ1n) is 8.42. The topological polar surface area (TPSA) is 84.3 Å². The Kier molecular flexibility index (Phi) is 4.01. The number of benzene rings is 1. The number of ether oxygens (including phenoxy) is 1. The number of carbonyl (C=O) groups excluding carboxylic acids is 1. The average Bonchev–Trinajstić information content (AvgIpc) is 3.29. The van der Waals surface area contributed by atoms with Crippen LogP contribution in [0.15, 0.2) is 34.9 Å². The summed E-state index contributed by atoms with van der Waals surface area (Å²) in [6.07, 6.45) is 1.86. The minimum Gasteiger partial charge on any atom is -0.423 e. The molecule has 1 amide bonds. The molecule has 1 aromatic carbocycles. The number of carbonyl (C=O) groups is 1. The van der Waals surface area contributed by atoms with Crippen LogP contribution >= 0.6 is 0 Å². The molecule has 1 aliphatic heterocycles. The molecule has 1 saturated heterocycles. The number of nitrogens with one attached hydrogen (secondary N) is 1. The van der Waals surface area contributed by atoms with E-state index in [2.05, 4.69) is 15.2 Å². The lowest BCUT2D eigenvalue weighted by molar-refractivity contribution is -0.0107. The van der Waals surface area contributed by atoms with E-state index < -0.39 is 0 Å². The lowest BCUT2D eigenvalue weighted by Crippen LogP contribution is -2.43. The van der Waals surface area contributed by atoms with Crippen LogP contribution in [-0.4, -0.2) is 45.7 Å². The molecule has 7 heteroatoms. The smallest absolute Gasteiger partial charge is 0.254 e. The minimum atomic E-state index is -0.358. The zero-order valence-electron chi connectivity index (χ0n) is 14.2. The minimum absolute atomic E-state index is 0.0549. The zero-order chi connectivity index (χ0) is 17.4. The van der Waals surface area contributed by atoms with E-state index in [1.165, 1.54) is 0 Å². The van der Waals surface area contributed by atoms with Gasteiger partial charge >= 0.3 is 0 Å². The van der Waals surface area contributed by atoms with Crippen molar-refractivity contribution in [2.75, 3.05) is 19.8 Å². The Morgan fingerprint density at radius 1 is 1.32 bits per heavy atom. The first kappa shape index (κ1) is 15.8. The summed E-state index contributed by atoms with van der Waals surface area (Å²) in [5.74, 6) is 1.09. The van der Waals surface area contributed by atoms with Gasteiger partial charge < -0.3 is 19.0 Å². The Balaban J connectivity index is 1.64. The van der Waals surface area contributed by atoms with E-state index in [1.54, 1.807) is 4.90 Å². The molecule has 3 aromatic rings. The van der Waals surface area contributed by atoms with E-state index in [4.69, 9.17) is 9.15 Å². The van der Waals surface area contributed by atoms with Crippen LogP contribution in [0.25, 0.3) is 10.9 Å². The van der Waals surface area contributed by atoms with Crippen molar-refractivity contribution in [1.29, 1.82) is 0 Å². The lowest BCUT2D eigenvalue weighted by Gasteiger charge is -2.33. The van der Waals surface area contributed by atoms with E-state index in [0.717, 1.165) is 10.9 Å². The second-order valence-corrected chi connectivity index (χ2v) is 6.50. The van der Waals surface area contributed by atoms with Gasteiger partial charge in [-0.25, -0.2) is 0 Å². The fourth-order valence-corrected chi connectivity index (χ4v) is 3.02. The molecule has 1 fully saturated rings. The molecule has 1 aliphatic rings. The Morgan fingerprint density at radius 3 is 3.00 bits per heavy atom. The highest BCUT2D eigenvalue weighted by molar-refractivity contribution is 5.98. The molecule has 25 heavy (non-hydrogen) atoms. The Bertz CT molecular complexity index is 899. The molecule has 4 rings (SSSR count). The van der Waals surface area contributed by atoms with E-state index in [0.29, 0.717) is 37.1 Å². The second kappa shape index (κ2) is 6.33. The standard InChI is InChI=1S/C18H20N4O3/c1-11(2)16-20-21-17(25-16)15-10-24-8-7-22(15)18(23)13-3-4-14-12(9-13)5-6-19-14/h3-6,9,11,15,19H,7-8,10H2,1-2H3/t15-/m1/s1. The van der Waals surface area contributed by atoms with E-state index in [9.17, 15) is 4.79 Å². The Hall–Kier alpha value is -2.67. The highest BCUT2D eigenvalue weighted by Crippen LogP contribution is 2.27. The van der Waals surface area contributed by atoms with Gasteiger partial charge in [-0.05, 0) is 24.3 Å². The third kappa shape index (κ3) is 2.91. The number of morpholine rings is 1.